The molecule has 11 atom stereocenters. The SMILES string of the molecule is COC(=O)CC1C2(C)CC(O)(C1(C)CO)C(O)(C1OC(=O)/C(=C(\OC)C(C)C)C3C(C)(C(OC(C)=O)c4ccoc4)CCCC31O)C2OC(C)=O. The highest BCUT2D eigenvalue weighted by Gasteiger charge is 2.88. The fraction of sp³-hybridized carbons (Fsp3) is 0.730. The van der Waals surface area contributed by atoms with Gasteiger partial charge in [0, 0.05) is 53.9 Å². The molecular weight excluding hydrogens is 668 g/mol. The molecule has 11 unspecified atom stereocenters. The average Bonchev–Trinajstić information content (AvgIpc) is 3.69. The lowest BCUT2D eigenvalue weighted by Gasteiger charge is -2.64. The lowest BCUT2D eigenvalue weighted by atomic mass is 9.47. The second-order valence-electron chi connectivity index (χ2n) is 16.0. The molecule has 51 heavy (non-hydrogen) atoms. The van der Waals surface area contributed by atoms with E-state index in [9.17, 15) is 39.6 Å². The second-order valence-corrected chi connectivity index (χ2v) is 16.0. The van der Waals surface area contributed by atoms with Crippen LogP contribution in [0.1, 0.15) is 92.2 Å². The smallest absolute Gasteiger partial charge is 0.338 e. The number of allylic oxidation sites excluding steroid dienone is 1. The van der Waals surface area contributed by atoms with E-state index in [1.807, 2.05) is 0 Å². The Morgan fingerprint density at radius 2 is 1.69 bits per heavy atom. The number of hydrogen-bond acceptors (Lipinski definition) is 14. The molecule has 3 saturated carbocycles. The van der Waals surface area contributed by atoms with Crippen molar-refractivity contribution in [2.24, 2.45) is 34.0 Å². The Balaban J connectivity index is 1.82. The molecule has 1 aliphatic heterocycles. The molecule has 0 radical (unpaired) electrons. The van der Waals surface area contributed by atoms with E-state index < -0.39 is 99.6 Å². The van der Waals surface area contributed by atoms with Gasteiger partial charge in [0.25, 0.3) is 0 Å². The number of cyclic esters (lactones) is 1. The monoisotopic (exact) mass is 720 g/mol. The molecule has 0 spiro atoms. The third kappa shape index (κ3) is 5.26. The Morgan fingerprint density at radius 3 is 2.20 bits per heavy atom. The van der Waals surface area contributed by atoms with Crippen molar-refractivity contribution in [1.82, 2.24) is 0 Å². The number of furan rings is 1. The Hall–Kier alpha value is -3.46. The van der Waals surface area contributed by atoms with Gasteiger partial charge < -0.3 is 48.5 Å². The van der Waals surface area contributed by atoms with Crippen molar-refractivity contribution in [3.63, 3.8) is 0 Å². The number of fused-ring (bicyclic) bond motifs is 3. The van der Waals surface area contributed by atoms with Gasteiger partial charge >= 0.3 is 23.9 Å². The maximum Gasteiger partial charge on any atom is 0.338 e. The van der Waals surface area contributed by atoms with Crippen LogP contribution >= 0.6 is 0 Å². The summed E-state index contributed by atoms with van der Waals surface area (Å²) in [6.07, 6.45) is -1.98. The molecule has 1 aromatic heterocycles. The van der Waals surface area contributed by atoms with Gasteiger partial charge in [-0.15, -0.1) is 0 Å². The molecule has 14 heteroatoms. The topological polar surface area (TPSA) is 208 Å². The van der Waals surface area contributed by atoms with Gasteiger partial charge in [0.1, 0.15) is 29.2 Å². The number of methoxy groups -OCH3 is 2. The van der Waals surface area contributed by atoms with E-state index in [2.05, 4.69) is 0 Å². The minimum absolute atomic E-state index is 0.0309. The number of aliphatic hydroxyl groups is 4. The molecule has 4 aliphatic rings. The van der Waals surface area contributed by atoms with Gasteiger partial charge in [-0.3, -0.25) is 14.4 Å². The minimum atomic E-state index is -2.75. The number of hydrogen-bond donors (Lipinski definition) is 4. The molecule has 284 valence electrons. The molecule has 2 bridgehead atoms. The minimum Gasteiger partial charge on any atom is -0.500 e. The zero-order valence-corrected chi connectivity index (χ0v) is 30.8. The largest absolute Gasteiger partial charge is 0.500 e. The first-order valence-electron chi connectivity index (χ1n) is 17.4. The van der Waals surface area contributed by atoms with E-state index >= 15 is 0 Å². The van der Waals surface area contributed by atoms with Crippen molar-refractivity contribution in [2.75, 3.05) is 20.8 Å². The van der Waals surface area contributed by atoms with Gasteiger partial charge in [0.2, 0.25) is 0 Å². The molecule has 1 aromatic rings. The second kappa shape index (κ2) is 12.9. The van der Waals surface area contributed by atoms with Crippen LogP contribution in [-0.4, -0.2) is 94.1 Å². The first-order valence-corrected chi connectivity index (χ1v) is 17.4. The van der Waals surface area contributed by atoms with Crippen LogP contribution in [0.4, 0.5) is 0 Å². The third-order valence-corrected chi connectivity index (χ3v) is 12.8. The number of rotatable bonds is 10. The van der Waals surface area contributed by atoms with Crippen molar-refractivity contribution in [1.29, 1.82) is 0 Å². The lowest BCUT2D eigenvalue weighted by molar-refractivity contribution is -0.336. The number of ether oxygens (including phenoxy) is 5. The molecule has 14 nitrogen and oxygen atoms in total. The number of aliphatic hydroxyl groups excluding tert-OH is 1. The van der Waals surface area contributed by atoms with Crippen molar-refractivity contribution >= 4 is 23.9 Å². The summed E-state index contributed by atoms with van der Waals surface area (Å²) >= 11 is 0. The first kappa shape index (κ1) is 38.8. The molecule has 1 saturated heterocycles. The predicted molar refractivity (Wildman–Crippen MR) is 176 cm³/mol. The Bertz CT molecular complexity index is 1580. The van der Waals surface area contributed by atoms with Crippen molar-refractivity contribution in [2.45, 2.75) is 116 Å². The Labute approximate surface area is 297 Å². The van der Waals surface area contributed by atoms with E-state index in [0.717, 1.165) is 6.92 Å². The van der Waals surface area contributed by atoms with Crippen LogP contribution in [0, 0.1) is 34.0 Å². The van der Waals surface area contributed by atoms with Crippen molar-refractivity contribution in [3.05, 3.63) is 35.5 Å². The molecular formula is C37H52O14. The lowest BCUT2D eigenvalue weighted by Crippen LogP contribution is -2.81. The summed E-state index contributed by atoms with van der Waals surface area (Å²) in [6.45, 7) is 10.1. The van der Waals surface area contributed by atoms with Gasteiger partial charge in [-0.05, 0) is 37.7 Å². The molecule has 2 heterocycles. The summed E-state index contributed by atoms with van der Waals surface area (Å²) in [4.78, 5) is 52.8. The summed E-state index contributed by atoms with van der Waals surface area (Å²) in [5.41, 5.74) is -11.3. The zero-order valence-electron chi connectivity index (χ0n) is 30.8. The number of esters is 4. The van der Waals surface area contributed by atoms with Crippen LogP contribution in [0.25, 0.3) is 0 Å². The van der Waals surface area contributed by atoms with Crippen LogP contribution in [0.15, 0.2) is 34.3 Å². The zero-order chi connectivity index (χ0) is 38.1. The molecule has 4 N–H and O–H groups in total. The highest BCUT2D eigenvalue weighted by Crippen LogP contribution is 2.75. The van der Waals surface area contributed by atoms with Crippen LogP contribution in [0.3, 0.4) is 0 Å². The molecule has 0 amide bonds. The normalized spacial score (nSPS) is 41.7. The third-order valence-electron chi connectivity index (χ3n) is 12.8. The highest BCUT2D eigenvalue weighted by molar-refractivity contribution is 5.92. The van der Waals surface area contributed by atoms with E-state index in [0.29, 0.717) is 12.0 Å². The average molecular weight is 721 g/mol. The molecule has 3 aliphatic carbocycles. The molecule has 0 aromatic carbocycles. The van der Waals surface area contributed by atoms with Crippen LogP contribution < -0.4 is 0 Å². The van der Waals surface area contributed by atoms with Crippen LogP contribution in [0.2, 0.25) is 0 Å². The van der Waals surface area contributed by atoms with Crippen LogP contribution in [0.5, 0.6) is 0 Å². The van der Waals surface area contributed by atoms with E-state index in [1.54, 1.807) is 33.8 Å². The maximum absolute atomic E-state index is 14.6. The van der Waals surface area contributed by atoms with Gasteiger partial charge in [-0.25, -0.2) is 4.79 Å². The van der Waals surface area contributed by atoms with E-state index in [4.69, 9.17) is 28.1 Å². The van der Waals surface area contributed by atoms with Gasteiger partial charge in [-0.1, -0.05) is 34.6 Å². The molecule has 4 fully saturated rings. The van der Waals surface area contributed by atoms with Gasteiger partial charge in [0.05, 0.1) is 38.9 Å². The summed E-state index contributed by atoms with van der Waals surface area (Å²) < 4.78 is 34.1. The standard InChI is InChI=1S/C37H52O14/c1-19(2)26(47-9)25-27-32(5,28(49-20(3)39)22-11-14-48-16-22)12-10-13-35(27,43)31(51-29(25)42)37(45)30(50-21(4)40)33(6)17-36(37,44)34(7,18-38)23(33)15-24(41)46-8/h11,14,16,19,23,27-28,30-31,38,43-45H,10,12-13,15,17-18H2,1-9H3/b26-25-. The summed E-state index contributed by atoms with van der Waals surface area (Å²) in [5, 5.41) is 50.7. The van der Waals surface area contributed by atoms with Gasteiger partial charge in [-0.2, -0.15) is 0 Å². The summed E-state index contributed by atoms with van der Waals surface area (Å²) in [7, 11) is 2.58. The maximum atomic E-state index is 14.6. The van der Waals surface area contributed by atoms with E-state index in [1.165, 1.54) is 40.6 Å². The quantitative estimate of drug-likeness (QED) is 0.119. The predicted octanol–water partition coefficient (Wildman–Crippen LogP) is 2.90. The van der Waals surface area contributed by atoms with E-state index in [-0.39, 0.29) is 37.0 Å². The number of carbonyl (C=O) groups excluding carboxylic acids is 4. The highest BCUT2D eigenvalue weighted by atomic mass is 16.6. The summed E-state index contributed by atoms with van der Waals surface area (Å²) in [5.74, 6) is -5.46. The van der Waals surface area contributed by atoms with Crippen molar-refractivity contribution in [3.8, 4) is 0 Å². The first-order chi connectivity index (χ1) is 23.7. The van der Waals surface area contributed by atoms with Crippen LogP contribution in [-0.2, 0) is 42.9 Å². The Morgan fingerprint density at radius 1 is 1.02 bits per heavy atom. The van der Waals surface area contributed by atoms with Crippen molar-refractivity contribution < 1.29 is 67.7 Å². The van der Waals surface area contributed by atoms with Gasteiger partial charge in [0.15, 0.2) is 11.7 Å². The fourth-order valence-corrected chi connectivity index (χ4v) is 10.9. The fourth-order valence-electron chi connectivity index (χ4n) is 10.9. The summed E-state index contributed by atoms with van der Waals surface area (Å²) in [6, 6.07) is 1.62. The Kier molecular flexibility index (Phi) is 9.80. The number of carbonyl (C=O) groups is 4. The molecule has 5 rings (SSSR count).